The molecule has 8 nitrogen and oxygen atoms in total. The van der Waals surface area contributed by atoms with Gasteiger partial charge in [0, 0.05) is 17.8 Å². The molecule has 0 atom stereocenters. The SMILES string of the molecule is Nc1nc(Nc2ccccc2)nn1-c1cc(NC2CCCCC2)ncn1. The van der Waals surface area contributed by atoms with E-state index in [1.165, 1.54) is 43.1 Å². The van der Waals surface area contributed by atoms with Crippen LogP contribution in [-0.2, 0) is 0 Å². The van der Waals surface area contributed by atoms with Crippen molar-refractivity contribution in [3.05, 3.63) is 42.7 Å². The Balaban J connectivity index is 1.52. The van der Waals surface area contributed by atoms with E-state index < -0.39 is 0 Å². The van der Waals surface area contributed by atoms with Crippen LogP contribution in [0.15, 0.2) is 42.7 Å². The van der Waals surface area contributed by atoms with Crippen LogP contribution in [0.1, 0.15) is 32.1 Å². The Morgan fingerprint density at radius 2 is 1.85 bits per heavy atom. The molecule has 1 saturated carbocycles. The lowest BCUT2D eigenvalue weighted by atomic mass is 9.95. The van der Waals surface area contributed by atoms with E-state index in [1.54, 1.807) is 0 Å². The maximum absolute atomic E-state index is 6.03. The van der Waals surface area contributed by atoms with Crippen molar-refractivity contribution in [1.29, 1.82) is 0 Å². The van der Waals surface area contributed by atoms with Crippen LogP contribution in [0.2, 0.25) is 0 Å². The third kappa shape index (κ3) is 3.74. The fourth-order valence-electron chi connectivity index (χ4n) is 3.19. The lowest BCUT2D eigenvalue weighted by Crippen LogP contribution is -2.23. The highest BCUT2D eigenvalue weighted by atomic mass is 15.4. The predicted molar refractivity (Wildman–Crippen MR) is 102 cm³/mol. The molecule has 1 fully saturated rings. The molecule has 0 radical (unpaired) electrons. The van der Waals surface area contributed by atoms with Gasteiger partial charge >= 0.3 is 0 Å². The number of rotatable bonds is 5. The highest BCUT2D eigenvalue weighted by Crippen LogP contribution is 2.22. The second-order valence-corrected chi connectivity index (χ2v) is 6.44. The Labute approximate surface area is 151 Å². The van der Waals surface area contributed by atoms with Crippen LogP contribution in [0.5, 0.6) is 0 Å². The molecule has 2 aromatic heterocycles. The molecule has 2 heterocycles. The molecule has 8 heteroatoms. The van der Waals surface area contributed by atoms with Gasteiger partial charge in [0.25, 0.3) is 0 Å². The molecule has 0 amide bonds. The van der Waals surface area contributed by atoms with E-state index in [9.17, 15) is 0 Å². The molecule has 1 aliphatic carbocycles. The zero-order valence-corrected chi connectivity index (χ0v) is 14.5. The molecular weight excluding hydrogens is 328 g/mol. The van der Waals surface area contributed by atoms with E-state index in [0.717, 1.165) is 11.5 Å². The van der Waals surface area contributed by atoms with Gasteiger partial charge in [-0.1, -0.05) is 37.5 Å². The molecule has 0 saturated heterocycles. The number of nitrogen functional groups attached to an aromatic ring is 1. The molecule has 1 aromatic carbocycles. The fraction of sp³-hybridized carbons (Fsp3) is 0.333. The molecule has 0 bridgehead atoms. The van der Waals surface area contributed by atoms with Crippen molar-refractivity contribution in [3.63, 3.8) is 0 Å². The molecule has 0 aliphatic heterocycles. The topological polar surface area (TPSA) is 107 Å². The van der Waals surface area contributed by atoms with Crippen molar-refractivity contribution in [2.45, 2.75) is 38.1 Å². The molecule has 134 valence electrons. The van der Waals surface area contributed by atoms with Gasteiger partial charge in [0.1, 0.15) is 12.1 Å². The average molecular weight is 350 g/mol. The first-order valence-corrected chi connectivity index (χ1v) is 8.91. The summed E-state index contributed by atoms with van der Waals surface area (Å²) >= 11 is 0. The van der Waals surface area contributed by atoms with E-state index in [-0.39, 0.29) is 5.95 Å². The standard InChI is InChI=1S/C18H22N8/c19-17-24-18(23-14-9-5-2-6-10-14)25-26(17)16-11-15(20-12-21-16)22-13-7-3-1-4-8-13/h2,5-6,9-13H,1,3-4,7-8H2,(H,20,21,22)(H3,19,23,24,25). The van der Waals surface area contributed by atoms with Gasteiger partial charge in [-0.2, -0.15) is 9.67 Å². The van der Waals surface area contributed by atoms with Gasteiger partial charge < -0.3 is 16.4 Å². The van der Waals surface area contributed by atoms with Crippen molar-refractivity contribution in [3.8, 4) is 5.82 Å². The zero-order chi connectivity index (χ0) is 17.8. The summed E-state index contributed by atoms with van der Waals surface area (Å²) in [6.45, 7) is 0. The molecule has 0 spiro atoms. The van der Waals surface area contributed by atoms with Crippen molar-refractivity contribution in [2.75, 3.05) is 16.4 Å². The molecule has 26 heavy (non-hydrogen) atoms. The van der Waals surface area contributed by atoms with Crippen LogP contribution in [0.25, 0.3) is 5.82 Å². The second kappa shape index (κ2) is 7.38. The Hall–Kier alpha value is -3.16. The molecular formula is C18H22N8. The smallest absolute Gasteiger partial charge is 0.248 e. The Kier molecular flexibility index (Phi) is 4.63. The van der Waals surface area contributed by atoms with E-state index in [2.05, 4.69) is 30.7 Å². The van der Waals surface area contributed by atoms with Gasteiger partial charge in [-0.25, -0.2) is 9.97 Å². The minimum Gasteiger partial charge on any atom is -0.368 e. The third-order valence-electron chi connectivity index (χ3n) is 4.49. The molecule has 0 unspecified atom stereocenters. The number of benzene rings is 1. The normalized spacial score (nSPS) is 14.9. The van der Waals surface area contributed by atoms with E-state index >= 15 is 0 Å². The van der Waals surface area contributed by atoms with Gasteiger partial charge in [0.15, 0.2) is 5.82 Å². The molecule has 3 aromatic rings. The Bertz CT molecular complexity index is 855. The molecule has 1 aliphatic rings. The first kappa shape index (κ1) is 16.3. The lowest BCUT2D eigenvalue weighted by Gasteiger charge is -2.23. The Morgan fingerprint density at radius 1 is 1.04 bits per heavy atom. The van der Waals surface area contributed by atoms with Gasteiger partial charge in [-0.05, 0) is 25.0 Å². The molecule has 4 N–H and O–H groups in total. The fourth-order valence-corrected chi connectivity index (χ4v) is 3.19. The summed E-state index contributed by atoms with van der Waals surface area (Å²) in [6.07, 6.45) is 7.72. The second-order valence-electron chi connectivity index (χ2n) is 6.44. The number of nitrogens with one attached hydrogen (secondary N) is 2. The van der Waals surface area contributed by atoms with Crippen LogP contribution in [0.4, 0.5) is 23.4 Å². The maximum atomic E-state index is 6.03. The van der Waals surface area contributed by atoms with Crippen molar-refractivity contribution >= 4 is 23.4 Å². The van der Waals surface area contributed by atoms with E-state index in [4.69, 9.17) is 5.73 Å². The number of aromatic nitrogens is 5. The van der Waals surface area contributed by atoms with Crippen LogP contribution in [0.3, 0.4) is 0 Å². The first-order chi connectivity index (χ1) is 12.8. The number of hydrogen-bond acceptors (Lipinski definition) is 7. The number of hydrogen-bond donors (Lipinski definition) is 3. The molecule has 4 rings (SSSR count). The number of para-hydroxylation sites is 1. The zero-order valence-electron chi connectivity index (χ0n) is 14.5. The first-order valence-electron chi connectivity index (χ1n) is 8.91. The van der Waals surface area contributed by atoms with Crippen LogP contribution >= 0.6 is 0 Å². The van der Waals surface area contributed by atoms with Gasteiger partial charge in [-0.3, -0.25) is 0 Å². The van der Waals surface area contributed by atoms with Crippen LogP contribution < -0.4 is 16.4 Å². The van der Waals surface area contributed by atoms with E-state index in [1.807, 2.05) is 36.4 Å². The monoisotopic (exact) mass is 350 g/mol. The minimum absolute atomic E-state index is 0.269. The summed E-state index contributed by atoms with van der Waals surface area (Å²) in [4.78, 5) is 12.9. The Morgan fingerprint density at radius 3 is 2.65 bits per heavy atom. The number of anilines is 4. The minimum atomic E-state index is 0.269. The van der Waals surface area contributed by atoms with Crippen LogP contribution in [-0.4, -0.2) is 30.8 Å². The van der Waals surface area contributed by atoms with Gasteiger partial charge in [0.2, 0.25) is 11.9 Å². The highest BCUT2D eigenvalue weighted by Gasteiger charge is 2.15. The van der Waals surface area contributed by atoms with Crippen molar-refractivity contribution in [2.24, 2.45) is 0 Å². The van der Waals surface area contributed by atoms with Crippen molar-refractivity contribution < 1.29 is 0 Å². The summed E-state index contributed by atoms with van der Waals surface area (Å²) in [5, 5.41) is 11.0. The number of nitrogens with two attached hydrogens (primary N) is 1. The lowest BCUT2D eigenvalue weighted by molar-refractivity contribution is 0.462. The third-order valence-corrected chi connectivity index (χ3v) is 4.49. The summed E-state index contributed by atoms with van der Waals surface area (Å²) in [5.41, 5.74) is 6.93. The van der Waals surface area contributed by atoms with E-state index in [0.29, 0.717) is 17.8 Å². The van der Waals surface area contributed by atoms with Crippen molar-refractivity contribution in [1.82, 2.24) is 24.7 Å². The number of nitrogens with zero attached hydrogens (tertiary/aromatic N) is 5. The summed E-state index contributed by atoms with van der Waals surface area (Å²) in [5.74, 6) is 2.07. The highest BCUT2D eigenvalue weighted by molar-refractivity contribution is 5.54. The summed E-state index contributed by atoms with van der Waals surface area (Å²) in [7, 11) is 0. The summed E-state index contributed by atoms with van der Waals surface area (Å²) < 4.78 is 1.51. The van der Waals surface area contributed by atoms with Crippen LogP contribution in [0, 0.1) is 0 Å². The maximum Gasteiger partial charge on any atom is 0.248 e. The van der Waals surface area contributed by atoms with Gasteiger partial charge in [0.05, 0.1) is 0 Å². The predicted octanol–water partition coefficient (Wildman–Crippen LogP) is 3.13. The largest absolute Gasteiger partial charge is 0.368 e. The quantitative estimate of drug-likeness (QED) is 0.649. The average Bonchev–Trinajstić information content (AvgIpc) is 3.04. The summed E-state index contributed by atoms with van der Waals surface area (Å²) in [6, 6.07) is 12.0. The van der Waals surface area contributed by atoms with Gasteiger partial charge in [-0.15, -0.1) is 5.10 Å².